The minimum Gasteiger partial charge on any atom is -0.462 e. The van der Waals surface area contributed by atoms with E-state index < -0.39 is 0 Å². The molecule has 3 heteroatoms. The number of ether oxygens (including phenoxy) is 1. The number of unbranched alkanes of at least 4 members (excludes halogenated alkanes) is 1. The molecule has 0 amide bonds. The molecule has 0 aliphatic heterocycles. The molecule has 0 N–H and O–H groups in total. The zero-order chi connectivity index (χ0) is 8.81. The summed E-state index contributed by atoms with van der Waals surface area (Å²) in [5.41, 5.74) is 0.608. The van der Waals surface area contributed by atoms with Crippen LogP contribution < -0.4 is 0 Å². The molecular weight excluding hydrogens is 172 g/mol. The van der Waals surface area contributed by atoms with Gasteiger partial charge in [-0.25, -0.2) is 4.79 Å². The van der Waals surface area contributed by atoms with Gasteiger partial charge in [-0.1, -0.05) is 13.3 Å². The van der Waals surface area contributed by atoms with E-state index in [0.717, 1.165) is 12.8 Å². The SMILES string of the molecule is CCCCOC(=O)c1c[c]sc1. The molecule has 0 fully saturated rings. The van der Waals surface area contributed by atoms with E-state index in [0.29, 0.717) is 12.2 Å². The van der Waals surface area contributed by atoms with E-state index in [1.54, 1.807) is 11.4 Å². The standard InChI is InChI=1S/C9H11O2S/c1-2-3-5-11-9(10)8-4-6-12-7-8/h4,7H,2-3,5H2,1H3. The normalized spacial score (nSPS) is 9.75. The van der Waals surface area contributed by atoms with Crippen molar-refractivity contribution in [1.82, 2.24) is 0 Å². The van der Waals surface area contributed by atoms with Crippen molar-refractivity contribution in [2.45, 2.75) is 19.8 Å². The Labute approximate surface area is 76.2 Å². The lowest BCUT2D eigenvalue weighted by atomic mass is 10.3. The molecule has 0 bridgehead atoms. The Bertz CT molecular complexity index is 229. The van der Waals surface area contributed by atoms with Crippen LogP contribution in [0.2, 0.25) is 0 Å². The summed E-state index contributed by atoms with van der Waals surface area (Å²) in [6.07, 6.45) is 1.97. The van der Waals surface area contributed by atoms with Crippen LogP contribution in [-0.4, -0.2) is 12.6 Å². The van der Waals surface area contributed by atoms with Crippen LogP contribution in [0.25, 0.3) is 0 Å². The number of esters is 1. The summed E-state index contributed by atoms with van der Waals surface area (Å²) in [5.74, 6) is -0.235. The third-order valence-corrected chi connectivity index (χ3v) is 2.06. The number of hydrogen-bond acceptors (Lipinski definition) is 3. The van der Waals surface area contributed by atoms with Gasteiger partial charge in [0.2, 0.25) is 0 Å². The minimum atomic E-state index is -0.235. The Kier molecular flexibility index (Phi) is 3.80. The van der Waals surface area contributed by atoms with Crippen LogP contribution in [-0.2, 0) is 4.74 Å². The molecule has 1 rings (SSSR count). The predicted octanol–water partition coefficient (Wildman–Crippen LogP) is 2.51. The second kappa shape index (κ2) is 4.93. The number of thiophene rings is 1. The van der Waals surface area contributed by atoms with Gasteiger partial charge in [0.05, 0.1) is 12.2 Å². The fraction of sp³-hybridized carbons (Fsp3) is 0.444. The van der Waals surface area contributed by atoms with Gasteiger partial charge >= 0.3 is 5.97 Å². The molecule has 65 valence electrons. The molecule has 1 aromatic rings. The summed E-state index contributed by atoms with van der Waals surface area (Å²) in [6.45, 7) is 2.58. The summed E-state index contributed by atoms with van der Waals surface area (Å²) in [7, 11) is 0. The monoisotopic (exact) mass is 183 g/mol. The maximum Gasteiger partial charge on any atom is 0.338 e. The first-order chi connectivity index (χ1) is 5.84. The summed E-state index contributed by atoms with van der Waals surface area (Å²) < 4.78 is 4.97. The summed E-state index contributed by atoms with van der Waals surface area (Å²) in [6, 6.07) is 1.65. The van der Waals surface area contributed by atoms with Crippen LogP contribution in [0.3, 0.4) is 0 Å². The van der Waals surface area contributed by atoms with E-state index in [1.165, 1.54) is 11.3 Å². The van der Waals surface area contributed by atoms with Crippen molar-refractivity contribution in [2.24, 2.45) is 0 Å². The average Bonchev–Trinajstić information content (AvgIpc) is 2.56. The van der Waals surface area contributed by atoms with Crippen LogP contribution in [0.1, 0.15) is 30.1 Å². The van der Waals surface area contributed by atoms with Gasteiger partial charge < -0.3 is 4.74 Å². The van der Waals surface area contributed by atoms with Crippen molar-refractivity contribution in [3.63, 3.8) is 0 Å². The van der Waals surface area contributed by atoms with Gasteiger partial charge in [0.1, 0.15) is 0 Å². The smallest absolute Gasteiger partial charge is 0.338 e. The quantitative estimate of drug-likeness (QED) is 0.529. The Balaban J connectivity index is 2.30. The highest BCUT2D eigenvalue weighted by Crippen LogP contribution is 2.06. The van der Waals surface area contributed by atoms with Crippen molar-refractivity contribution in [1.29, 1.82) is 0 Å². The minimum absolute atomic E-state index is 0.235. The van der Waals surface area contributed by atoms with Gasteiger partial charge in [0.25, 0.3) is 0 Å². The van der Waals surface area contributed by atoms with Crippen molar-refractivity contribution < 1.29 is 9.53 Å². The first-order valence-corrected chi connectivity index (χ1v) is 4.84. The number of carbonyl (C=O) groups excluding carboxylic acids is 1. The molecule has 0 spiro atoms. The number of carbonyl (C=O) groups is 1. The van der Waals surface area contributed by atoms with Crippen molar-refractivity contribution >= 4 is 17.3 Å². The van der Waals surface area contributed by atoms with E-state index in [2.05, 4.69) is 12.3 Å². The van der Waals surface area contributed by atoms with Gasteiger partial charge in [-0.05, 0) is 12.5 Å². The molecule has 12 heavy (non-hydrogen) atoms. The molecule has 1 radical (unpaired) electrons. The highest BCUT2D eigenvalue weighted by Gasteiger charge is 2.05. The fourth-order valence-electron chi connectivity index (χ4n) is 0.729. The second-order valence-corrected chi connectivity index (χ2v) is 3.15. The van der Waals surface area contributed by atoms with Crippen molar-refractivity contribution in [3.8, 4) is 0 Å². The largest absolute Gasteiger partial charge is 0.462 e. The molecule has 0 aliphatic rings. The molecule has 0 saturated carbocycles. The van der Waals surface area contributed by atoms with Gasteiger partial charge in [0.15, 0.2) is 0 Å². The summed E-state index contributed by atoms with van der Waals surface area (Å²) in [4.78, 5) is 11.1. The summed E-state index contributed by atoms with van der Waals surface area (Å²) >= 11 is 1.38. The van der Waals surface area contributed by atoms with Crippen LogP contribution in [0.5, 0.6) is 0 Å². The Morgan fingerprint density at radius 3 is 3.17 bits per heavy atom. The predicted molar refractivity (Wildman–Crippen MR) is 48.3 cm³/mol. The number of rotatable bonds is 4. The zero-order valence-electron chi connectivity index (χ0n) is 7.00. The molecule has 0 unspecified atom stereocenters. The van der Waals surface area contributed by atoms with E-state index in [1.807, 2.05) is 0 Å². The lowest BCUT2D eigenvalue weighted by Crippen LogP contribution is -2.04. The van der Waals surface area contributed by atoms with Crippen molar-refractivity contribution in [2.75, 3.05) is 6.61 Å². The molecule has 0 aromatic carbocycles. The molecule has 2 nitrogen and oxygen atoms in total. The lowest BCUT2D eigenvalue weighted by molar-refractivity contribution is 0.0500. The van der Waals surface area contributed by atoms with Gasteiger partial charge in [0, 0.05) is 10.8 Å². The molecule has 0 aliphatic carbocycles. The van der Waals surface area contributed by atoms with Crippen LogP contribution in [0, 0.1) is 5.38 Å². The topological polar surface area (TPSA) is 26.3 Å². The first kappa shape index (κ1) is 9.26. The van der Waals surface area contributed by atoms with Gasteiger partial charge in [-0.2, -0.15) is 0 Å². The molecule has 1 aromatic heterocycles. The third-order valence-electron chi connectivity index (χ3n) is 1.44. The zero-order valence-corrected chi connectivity index (χ0v) is 7.82. The second-order valence-electron chi connectivity index (χ2n) is 2.44. The summed E-state index contributed by atoms with van der Waals surface area (Å²) in [5, 5.41) is 4.59. The molecular formula is C9H11O2S. The first-order valence-electron chi connectivity index (χ1n) is 3.96. The fourth-order valence-corrected chi connectivity index (χ4v) is 1.28. The van der Waals surface area contributed by atoms with Gasteiger partial charge in [-0.15, -0.1) is 11.3 Å². The molecule has 0 atom stereocenters. The van der Waals surface area contributed by atoms with Gasteiger partial charge in [-0.3, -0.25) is 0 Å². The molecule has 1 heterocycles. The van der Waals surface area contributed by atoms with E-state index in [-0.39, 0.29) is 5.97 Å². The van der Waals surface area contributed by atoms with Crippen molar-refractivity contribution in [3.05, 3.63) is 22.4 Å². The van der Waals surface area contributed by atoms with E-state index in [9.17, 15) is 4.79 Å². The highest BCUT2D eigenvalue weighted by atomic mass is 32.1. The van der Waals surface area contributed by atoms with Crippen LogP contribution in [0.4, 0.5) is 0 Å². The Hall–Kier alpha value is -0.830. The Morgan fingerprint density at radius 1 is 1.75 bits per heavy atom. The third kappa shape index (κ3) is 2.66. The Morgan fingerprint density at radius 2 is 2.58 bits per heavy atom. The van der Waals surface area contributed by atoms with Crippen LogP contribution >= 0.6 is 11.3 Å². The van der Waals surface area contributed by atoms with E-state index in [4.69, 9.17) is 4.74 Å². The van der Waals surface area contributed by atoms with E-state index >= 15 is 0 Å². The number of hydrogen-bond donors (Lipinski definition) is 0. The van der Waals surface area contributed by atoms with Crippen LogP contribution in [0.15, 0.2) is 11.4 Å². The lowest BCUT2D eigenvalue weighted by Gasteiger charge is -2.00. The highest BCUT2D eigenvalue weighted by molar-refractivity contribution is 7.07. The maximum absolute atomic E-state index is 11.1. The maximum atomic E-state index is 11.1. The average molecular weight is 183 g/mol. The molecule has 0 saturated heterocycles.